The predicted molar refractivity (Wildman–Crippen MR) is 82.3 cm³/mol. The van der Waals surface area contributed by atoms with Gasteiger partial charge in [0.25, 0.3) is 0 Å². The first-order chi connectivity index (χ1) is 9.67. The van der Waals surface area contributed by atoms with Crippen LogP contribution in [-0.2, 0) is 16.0 Å². The van der Waals surface area contributed by atoms with Gasteiger partial charge >= 0.3 is 0 Å². The number of hydrogen-bond donors (Lipinski definition) is 1. The van der Waals surface area contributed by atoms with Crippen LogP contribution in [0.25, 0.3) is 0 Å². The number of unbranched alkanes of at least 4 members (excludes halogenated alkanes) is 1. The summed E-state index contributed by atoms with van der Waals surface area (Å²) in [6.45, 7) is 9.56. The molecule has 0 saturated heterocycles. The molecule has 0 amide bonds. The summed E-state index contributed by atoms with van der Waals surface area (Å²) in [4.78, 5) is 4.52. The van der Waals surface area contributed by atoms with Crippen molar-refractivity contribution in [2.24, 2.45) is 0 Å². The number of anilines is 1. The monoisotopic (exact) mass is 283 g/mol. The summed E-state index contributed by atoms with van der Waals surface area (Å²) in [6.07, 6.45) is 5.42. The molecule has 0 bridgehead atoms. The van der Waals surface area contributed by atoms with Crippen molar-refractivity contribution in [2.45, 2.75) is 52.6 Å². The van der Waals surface area contributed by atoms with Gasteiger partial charge < -0.3 is 19.4 Å². The van der Waals surface area contributed by atoms with Crippen molar-refractivity contribution < 1.29 is 9.47 Å². The van der Waals surface area contributed by atoms with Crippen LogP contribution in [0.2, 0.25) is 0 Å². The Kier molecular flexibility index (Phi) is 8.30. The first-order valence-electron chi connectivity index (χ1n) is 7.54. The Hall–Kier alpha value is -1.07. The largest absolute Gasteiger partial charge is 0.383 e. The van der Waals surface area contributed by atoms with Gasteiger partial charge in [0.05, 0.1) is 12.3 Å². The number of ether oxygens (including phenoxy) is 2. The maximum atomic E-state index is 5.59. The third-order valence-corrected chi connectivity index (χ3v) is 3.02. The van der Waals surface area contributed by atoms with Crippen molar-refractivity contribution in [2.75, 3.05) is 32.2 Å². The van der Waals surface area contributed by atoms with Gasteiger partial charge in [0.1, 0.15) is 0 Å². The van der Waals surface area contributed by atoms with E-state index in [0.717, 1.165) is 44.2 Å². The smallest absolute Gasteiger partial charge is 0.203 e. The summed E-state index contributed by atoms with van der Waals surface area (Å²) >= 11 is 0. The zero-order valence-electron chi connectivity index (χ0n) is 13.3. The van der Waals surface area contributed by atoms with Crippen LogP contribution in [0.4, 0.5) is 5.95 Å². The highest BCUT2D eigenvalue weighted by Crippen LogP contribution is 2.11. The number of methoxy groups -OCH3 is 1. The van der Waals surface area contributed by atoms with Crippen LogP contribution in [-0.4, -0.2) is 42.5 Å². The number of nitrogens with zero attached hydrogens (tertiary/aromatic N) is 2. The molecule has 0 radical (unpaired) electrons. The Bertz CT molecular complexity index is 366. The number of aromatic nitrogens is 2. The van der Waals surface area contributed by atoms with E-state index in [1.165, 1.54) is 6.42 Å². The highest BCUT2D eigenvalue weighted by molar-refractivity contribution is 5.29. The SMILES string of the molecule is CCCCOCCCn1cc(C)nc1NC(C)COC. The molecule has 1 N–H and O–H groups in total. The maximum Gasteiger partial charge on any atom is 0.203 e. The molecule has 1 atom stereocenters. The van der Waals surface area contributed by atoms with Crippen LogP contribution < -0.4 is 5.32 Å². The highest BCUT2D eigenvalue weighted by atomic mass is 16.5. The molecule has 1 heterocycles. The minimum absolute atomic E-state index is 0.251. The van der Waals surface area contributed by atoms with E-state index >= 15 is 0 Å². The van der Waals surface area contributed by atoms with Gasteiger partial charge in [-0.1, -0.05) is 13.3 Å². The highest BCUT2D eigenvalue weighted by Gasteiger charge is 2.08. The van der Waals surface area contributed by atoms with E-state index in [1.54, 1.807) is 7.11 Å². The van der Waals surface area contributed by atoms with Crippen LogP contribution in [0.15, 0.2) is 6.20 Å². The molecule has 1 aromatic rings. The molecule has 0 aromatic carbocycles. The molecule has 0 aliphatic heterocycles. The third-order valence-electron chi connectivity index (χ3n) is 3.02. The quantitative estimate of drug-likeness (QED) is 0.634. The first kappa shape index (κ1) is 17.0. The van der Waals surface area contributed by atoms with E-state index in [9.17, 15) is 0 Å². The summed E-state index contributed by atoms with van der Waals surface area (Å²) in [7, 11) is 1.71. The Morgan fingerprint density at radius 2 is 2.10 bits per heavy atom. The molecule has 116 valence electrons. The van der Waals surface area contributed by atoms with Crippen LogP contribution in [0.1, 0.15) is 38.8 Å². The maximum absolute atomic E-state index is 5.59. The molecule has 0 saturated carbocycles. The summed E-state index contributed by atoms with van der Waals surface area (Å²) in [6, 6.07) is 0.251. The minimum atomic E-state index is 0.251. The van der Waals surface area contributed by atoms with Crippen LogP contribution in [0, 0.1) is 6.92 Å². The van der Waals surface area contributed by atoms with Crippen molar-refractivity contribution in [3.8, 4) is 0 Å². The zero-order valence-corrected chi connectivity index (χ0v) is 13.3. The molecule has 1 unspecified atom stereocenters. The Labute approximate surface area is 122 Å². The lowest BCUT2D eigenvalue weighted by atomic mass is 10.3. The second-order valence-corrected chi connectivity index (χ2v) is 5.22. The standard InChI is InChI=1S/C15H29N3O2/c1-5-6-9-20-10-7-8-18-11-13(2)16-15(18)17-14(3)12-19-4/h11,14H,5-10,12H2,1-4H3,(H,16,17). The van der Waals surface area contributed by atoms with E-state index in [1.807, 2.05) is 6.92 Å². The van der Waals surface area contributed by atoms with Crippen molar-refractivity contribution in [3.63, 3.8) is 0 Å². The lowest BCUT2D eigenvalue weighted by Crippen LogP contribution is -2.23. The van der Waals surface area contributed by atoms with E-state index in [0.29, 0.717) is 6.61 Å². The number of imidazole rings is 1. The van der Waals surface area contributed by atoms with Gasteiger partial charge in [0.2, 0.25) is 5.95 Å². The summed E-state index contributed by atoms with van der Waals surface area (Å²) < 4.78 is 12.9. The van der Waals surface area contributed by atoms with E-state index in [4.69, 9.17) is 9.47 Å². The Morgan fingerprint density at radius 3 is 2.80 bits per heavy atom. The van der Waals surface area contributed by atoms with Gasteiger partial charge in [-0.15, -0.1) is 0 Å². The Balaban J connectivity index is 2.36. The molecule has 5 heteroatoms. The van der Waals surface area contributed by atoms with Crippen LogP contribution in [0.5, 0.6) is 0 Å². The lowest BCUT2D eigenvalue weighted by molar-refractivity contribution is 0.126. The molecule has 0 aliphatic carbocycles. The molecule has 5 nitrogen and oxygen atoms in total. The normalized spacial score (nSPS) is 12.6. The van der Waals surface area contributed by atoms with E-state index < -0.39 is 0 Å². The van der Waals surface area contributed by atoms with Gasteiger partial charge in [-0.2, -0.15) is 0 Å². The van der Waals surface area contributed by atoms with E-state index in [2.05, 4.69) is 34.9 Å². The molecule has 0 fully saturated rings. The molecular formula is C15H29N3O2. The summed E-state index contributed by atoms with van der Waals surface area (Å²) in [5, 5.41) is 3.38. The zero-order chi connectivity index (χ0) is 14.8. The molecule has 20 heavy (non-hydrogen) atoms. The van der Waals surface area contributed by atoms with Crippen LogP contribution >= 0.6 is 0 Å². The molecular weight excluding hydrogens is 254 g/mol. The second kappa shape index (κ2) is 9.77. The summed E-state index contributed by atoms with van der Waals surface area (Å²) in [5.74, 6) is 0.917. The number of aryl methyl sites for hydroxylation is 2. The first-order valence-corrected chi connectivity index (χ1v) is 7.54. The van der Waals surface area contributed by atoms with Crippen LogP contribution in [0.3, 0.4) is 0 Å². The average Bonchev–Trinajstić information content (AvgIpc) is 2.74. The number of hydrogen-bond acceptors (Lipinski definition) is 4. The van der Waals surface area contributed by atoms with Crippen molar-refractivity contribution in [1.29, 1.82) is 0 Å². The van der Waals surface area contributed by atoms with Crippen molar-refractivity contribution >= 4 is 5.95 Å². The fourth-order valence-electron chi connectivity index (χ4n) is 2.03. The third kappa shape index (κ3) is 6.39. The molecule has 1 aromatic heterocycles. The number of nitrogens with one attached hydrogen (secondary N) is 1. The van der Waals surface area contributed by atoms with Gasteiger partial charge in [0, 0.05) is 39.1 Å². The molecule has 0 aliphatic rings. The van der Waals surface area contributed by atoms with Crippen molar-refractivity contribution in [1.82, 2.24) is 9.55 Å². The second-order valence-electron chi connectivity index (χ2n) is 5.22. The fraction of sp³-hybridized carbons (Fsp3) is 0.800. The fourth-order valence-corrected chi connectivity index (χ4v) is 2.03. The van der Waals surface area contributed by atoms with Gasteiger partial charge in [0.15, 0.2) is 0 Å². The number of rotatable bonds is 11. The van der Waals surface area contributed by atoms with Crippen molar-refractivity contribution in [3.05, 3.63) is 11.9 Å². The average molecular weight is 283 g/mol. The van der Waals surface area contributed by atoms with Gasteiger partial charge in [-0.3, -0.25) is 0 Å². The molecule has 0 spiro atoms. The summed E-state index contributed by atoms with van der Waals surface area (Å²) in [5.41, 5.74) is 1.03. The van der Waals surface area contributed by atoms with Gasteiger partial charge in [-0.05, 0) is 26.7 Å². The molecule has 1 rings (SSSR count). The lowest BCUT2D eigenvalue weighted by Gasteiger charge is -2.15. The van der Waals surface area contributed by atoms with E-state index in [-0.39, 0.29) is 6.04 Å². The predicted octanol–water partition coefficient (Wildman–Crippen LogP) is 2.85. The minimum Gasteiger partial charge on any atom is -0.383 e. The van der Waals surface area contributed by atoms with Gasteiger partial charge in [-0.25, -0.2) is 4.98 Å². The Morgan fingerprint density at radius 1 is 1.35 bits per heavy atom. The topological polar surface area (TPSA) is 48.3 Å².